The molecule has 0 unspecified atom stereocenters. The van der Waals surface area contributed by atoms with Crippen LogP contribution in [0.1, 0.15) is 24.5 Å². The number of imide groups is 1. The third-order valence-electron chi connectivity index (χ3n) is 8.29. The molecule has 5 nitrogen and oxygen atoms in total. The lowest BCUT2D eigenvalue weighted by atomic mass is 9.63. The molecule has 2 aromatic rings. The number of likely N-dealkylation sites (tertiary alicyclic amines) is 1. The van der Waals surface area contributed by atoms with E-state index in [1.165, 1.54) is 4.90 Å². The summed E-state index contributed by atoms with van der Waals surface area (Å²) in [6.07, 6.45) is 6.50. The Kier molecular flexibility index (Phi) is 5.25. The third-order valence-corrected chi connectivity index (χ3v) is 8.78. The van der Waals surface area contributed by atoms with Crippen molar-refractivity contribution in [3.63, 3.8) is 0 Å². The minimum atomic E-state index is -0.878. The van der Waals surface area contributed by atoms with Gasteiger partial charge in [-0.25, -0.2) is 0 Å². The summed E-state index contributed by atoms with van der Waals surface area (Å²) >= 11 is 3.49. The predicted octanol–water partition coefficient (Wildman–Crippen LogP) is 4.61. The average molecular weight is 519 g/mol. The number of hydrogen-bond acceptors (Lipinski definition) is 3. The van der Waals surface area contributed by atoms with E-state index >= 15 is 0 Å². The molecule has 7 rings (SSSR count). The van der Waals surface area contributed by atoms with E-state index < -0.39 is 6.04 Å². The highest BCUT2D eigenvalue weighted by atomic mass is 79.9. The van der Waals surface area contributed by atoms with Crippen molar-refractivity contribution in [2.45, 2.75) is 32.2 Å². The fourth-order valence-electron chi connectivity index (χ4n) is 6.62. The first-order valence-electron chi connectivity index (χ1n) is 12.2. The van der Waals surface area contributed by atoms with Gasteiger partial charge in [-0.3, -0.25) is 19.3 Å². The Morgan fingerprint density at radius 3 is 2.29 bits per heavy atom. The maximum atomic E-state index is 13.7. The Balaban J connectivity index is 1.34. The third kappa shape index (κ3) is 3.37. The second-order valence-corrected chi connectivity index (χ2v) is 11.0. The number of nitrogens with one attached hydrogen (secondary N) is 1. The normalized spacial score (nSPS) is 31.3. The van der Waals surface area contributed by atoms with Crippen molar-refractivity contribution in [3.05, 3.63) is 76.3 Å². The molecule has 0 spiro atoms. The van der Waals surface area contributed by atoms with E-state index in [1.54, 1.807) is 0 Å². The van der Waals surface area contributed by atoms with Gasteiger partial charge < -0.3 is 5.32 Å². The molecule has 3 fully saturated rings. The minimum Gasteiger partial charge on any atom is -0.324 e. The summed E-state index contributed by atoms with van der Waals surface area (Å²) < 4.78 is 0.943. The summed E-state index contributed by atoms with van der Waals surface area (Å²) in [6.45, 7) is 2.03. The highest BCUT2D eigenvalue weighted by Crippen LogP contribution is 2.65. The van der Waals surface area contributed by atoms with Crippen LogP contribution in [0.25, 0.3) is 0 Å². The van der Waals surface area contributed by atoms with Crippen LogP contribution in [0.15, 0.2) is 65.2 Å². The second-order valence-electron chi connectivity index (χ2n) is 10.1. The van der Waals surface area contributed by atoms with Crippen molar-refractivity contribution < 1.29 is 14.4 Å². The average Bonchev–Trinajstić information content (AvgIpc) is 3.63. The zero-order valence-electron chi connectivity index (χ0n) is 19.0. The summed E-state index contributed by atoms with van der Waals surface area (Å²) in [4.78, 5) is 42.5. The van der Waals surface area contributed by atoms with Gasteiger partial charge in [-0.05, 0) is 65.8 Å². The minimum absolute atomic E-state index is 0.139. The topological polar surface area (TPSA) is 66.5 Å². The van der Waals surface area contributed by atoms with Crippen LogP contribution in [-0.2, 0) is 27.2 Å². The first-order valence-corrected chi connectivity index (χ1v) is 13.0. The van der Waals surface area contributed by atoms with Crippen molar-refractivity contribution in [3.8, 4) is 0 Å². The van der Waals surface area contributed by atoms with Crippen LogP contribution in [0.3, 0.4) is 0 Å². The largest absolute Gasteiger partial charge is 0.324 e. The second kappa shape index (κ2) is 8.19. The van der Waals surface area contributed by atoms with E-state index in [9.17, 15) is 14.4 Å². The Hall–Kier alpha value is -2.73. The van der Waals surface area contributed by atoms with Gasteiger partial charge in [0.05, 0.1) is 11.8 Å². The molecule has 4 aliphatic carbocycles. The monoisotopic (exact) mass is 518 g/mol. The summed E-state index contributed by atoms with van der Waals surface area (Å²) in [6, 6.07) is 14.5. The summed E-state index contributed by atoms with van der Waals surface area (Å²) in [5.74, 6) is 0.0808. The molecule has 6 heteroatoms. The van der Waals surface area contributed by atoms with Gasteiger partial charge in [0.15, 0.2) is 0 Å². The van der Waals surface area contributed by atoms with Crippen LogP contribution < -0.4 is 5.32 Å². The summed E-state index contributed by atoms with van der Waals surface area (Å²) in [7, 11) is 0. The standard InChI is InChI=1S/C28H27BrN2O3/c1-2-16-13-17(29)8-11-22(16)30-26(32)23(12-15-6-4-3-5-7-15)31-27(33)24-18-9-10-19(21-14-20(18)21)25(24)28(31)34/h3-11,13,18-21,23-25H,2,12,14H2,1H3,(H,30,32)/t18-,19-,20-,21+,23-,24-,25+/m0/s1. The zero-order valence-corrected chi connectivity index (χ0v) is 20.6. The smallest absolute Gasteiger partial charge is 0.248 e. The number of carbonyl (C=O) groups is 3. The van der Waals surface area contributed by atoms with Crippen LogP contribution in [0.4, 0.5) is 5.69 Å². The molecule has 1 heterocycles. The number of rotatable bonds is 6. The van der Waals surface area contributed by atoms with Gasteiger partial charge in [0.1, 0.15) is 6.04 Å². The number of carbonyl (C=O) groups excluding carboxylic acids is 3. The van der Waals surface area contributed by atoms with Crippen LogP contribution in [-0.4, -0.2) is 28.7 Å². The van der Waals surface area contributed by atoms with Crippen molar-refractivity contribution in [1.29, 1.82) is 0 Å². The summed E-state index contributed by atoms with van der Waals surface area (Å²) in [5, 5.41) is 3.04. The number of halogens is 1. The Morgan fingerprint density at radius 2 is 1.68 bits per heavy atom. The number of anilines is 1. The molecule has 5 aliphatic rings. The maximum absolute atomic E-state index is 13.7. The Labute approximate surface area is 207 Å². The SMILES string of the molecule is CCc1cc(Br)ccc1NC(=O)[C@H](Cc1ccccc1)N1C(=O)[C@@H]2[C@H]3C=C[C@@H]([C@@H]4C[C@H]34)[C@@H]2C1=O. The Bertz CT molecular complexity index is 1170. The maximum Gasteiger partial charge on any atom is 0.248 e. The van der Waals surface area contributed by atoms with Gasteiger partial charge in [-0.1, -0.05) is 65.3 Å². The lowest BCUT2D eigenvalue weighted by molar-refractivity contribution is -0.146. The molecule has 2 bridgehead atoms. The zero-order chi connectivity index (χ0) is 23.6. The van der Waals surface area contributed by atoms with Crippen molar-refractivity contribution in [1.82, 2.24) is 4.90 Å². The van der Waals surface area contributed by atoms with Gasteiger partial charge >= 0.3 is 0 Å². The number of aryl methyl sites for hydroxylation is 1. The van der Waals surface area contributed by atoms with Crippen LogP contribution in [0, 0.1) is 35.5 Å². The van der Waals surface area contributed by atoms with Crippen molar-refractivity contribution >= 4 is 39.3 Å². The molecule has 1 saturated heterocycles. The number of nitrogens with zero attached hydrogens (tertiary/aromatic N) is 1. The highest BCUT2D eigenvalue weighted by molar-refractivity contribution is 9.10. The molecule has 0 aromatic heterocycles. The molecule has 174 valence electrons. The predicted molar refractivity (Wildman–Crippen MR) is 133 cm³/mol. The summed E-state index contributed by atoms with van der Waals surface area (Å²) in [5.41, 5.74) is 2.64. The molecular formula is C28H27BrN2O3. The molecule has 1 aliphatic heterocycles. The first kappa shape index (κ1) is 21.8. The lowest BCUT2D eigenvalue weighted by Gasteiger charge is -2.37. The molecular weight excluding hydrogens is 492 g/mol. The van der Waals surface area contributed by atoms with Gasteiger partial charge in [0.2, 0.25) is 17.7 Å². The van der Waals surface area contributed by atoms with E-state index in [0.717, 1.165) is 28.4 Å². The Morgan fingerprint density at radius 1 is 1.03 bits per heavy atom. The number of hydrogen-bond donors (Lipinski definition) is 1. The number of allylic oxidation sites excluding steroid dienone is 2. The van der Waals surface area contributed by atoms with Crippen LogP contribution in [0.5, 0.6) is 0 Å². The van der Waals surface area contributed by atoms with Gasteiger partial charge in [0.25, 0.3) is 0 Å². The van der Waals surface area contributed by atoms with E-state index in [0.29, 0.717) is 23.9 Å². The van der Waals surface area contributed by atoms with Crippen LogP contribution in [0.2, 0.25) is 0 Å². The fraction of sp³-hybridized carbons (Fsp3) is 0.393. The highest BCUT2D eigenvalue weighted by Gasteiger charge is 2.67. The lowest BCUT2D eigenvalue weighted by Crippen LogP contribution is -2.49. The van der Waals surface area contributed by atoms with Crippen molar-refractivity contribution in [2.75, 3.05) is 5.32 Å². The molecule has 0 radical (unpaired) electrons. The number of benzene rings is 2. The number of amides is 3. The molecule has 3 amide bonds. The quantitative estimate of drug-likeness (QED) is 0.448. The van der Waals surface area contributed by atoms with Gasteiger partial charge in [-0.15, -0.1) is 0 Å². The molecule has 7 atom stereocenters. The van der Waals surface area contributed by atoms with Gasteiger partial charge in [0, 0.05) is 16.6 Å². The van der Waals surface area contributed by atoms with Gasteiger partial charge in [-0.2, -0.15) is 0 Å². The fourth-order valence-corrected chi connectivity index (χ4v) is 7.03. The van der Waals surface area contributed by atoms with E-state index in [2.05, 4.69) is 33.4 Å². The van der Waals surface area contributed by atoms with E-state index in [1.807, 2.05) is 55.5 Å². The molecule has 2 aromatic carbocycles. The first-order chi connectivity index (χ1) is 16.5. The van der Waals surface area contributed by atoms with E-state index in [-0.39, 0.29) is 41.4 Å². The molecule has 34 heavy (non-hydrogen) atoms. The molecule has 1 N–H and O–H groups in total. The van der Waals surface area contributed by atoms with Crippen LogP contribution >= 0.6 is 15.9 Å². The molecule has 2 saturated carbocycles. The van der Waals surface area contributed by atoms with E-state index in [4.69, 9.17) is 0 Å². The van der Waals surface area contributed by atoms with Crippen molar-refractivity contribution in [2.24, 2.45) is 35.5 Å².